The average Bonchev–Trinajstić information content (AvgIpc) is 2.75. The number of amides is 1. The molecule has 0 spiro atoms. The van der Waals surface area contributed by atoms with Crippen LogP contribution in [0.15, 0.2) is 18.2 Å². The summed E-state index contributed by atoms with van der Waals surface area (Å²) in [7, 11) is 1.63. The third-order valence-corrected chi connectivity index (χ3v) is 3.34. The highest BCUT2D eigenvalue weighted by Crippen LogP contribution is 2.19. The summed E-state index contributed by atoms with van der Waals surface area (Å²) >= 11 is 11.7. The van der Waals surface area contributed by atoms with Crippen molar-refractivity contribution >= 4 is 29.1 Å². The van der Waals surface area contributed by atoms with Crippen LogP contribution in [0.3, 0.4) is 0 Å². The highest BCUT2D eigenvalue weighted by atomic mass is 35.5. The van der Waals surface area contributed by atoms with E-state index in [9.17, 15) is 4.79 Å². The Morgan fingerprint density at radius 1 is 1.33 bits per heavy atom. The maximum atomic E-state index is 12.1. The summed E-state index contributed by atoms with van der Waals surface area (Å²) < 4.78 is 5.28. The molecule has 1 aromatic rings. The van der Waals surface area contributed by atoms with E-state index in [1.807, 2.05) is 0 Å². The van der Waals surface area contributed by atoms with Gasteiger partial charge in [-0.2, -0.15) is 0 Å². The van der Waals surface area contributed by atoms with Crippen molar-refractivity contribution in [1.29, 1.82) is 0 Å². The van der Waals surface area contributed by atoms with E-state index < -0.39 is 0 Å². The van der Waals surface area contributed by atoms with E-state index in [1.54, 1.807) is 25.3 Å². The summed E-state index contributed by atoms with van der Waals surface area (Å²) in [5.41, 5.74) is 0.453. The van der Waals surface area contributed by atoms with E-state index in [0.29, 0.717) is 22.2 Å². The van der Waals surface area contributed by atoms with E-state index >= 15 is 0 Å². The van der Waals surface area contributed by atoms with Crippen molar-refractivity contribution in [2.45, 2.75) is 12.1 Å². The molecule has 4 nitrogen and oxygen atoms in total. The van der Waals surface area contributed by atoms with Crippen LogP contribution >= 0.6 is 23.2 Å². The number of nitrogens with one attached hydrogen (secondary N) is 2. The van der Waals surface area contributed by atoms with Gasteiger partial charge in [0, 0.05) is 35.8 Å². The molecule has 2 rings (SSSR count). The Bertz CT molecular complexity index is 433. The van der Waals surface area contributed by atoms with Gasteiger partial charge in [0.1, 0.15) is 0 Å². The molecule has 2 N–H and O–H groups in total. The Kier molecular flexibility index (Phi) is 4.45. The fourth-order valence-corrected chi connectivity index (χ4v) is 2.51. The zero-order chi connectivity index (χ0) is 13.1. The minimum absolute atomic E-state index is 0.0105. The molecule has 1 fully saturated rings. The molecule has 1 saturated heterocycles. The van der Waals surface area contributed by atoms with Crippen LogP contribution in [0.4, 0.5) is 0 Å². The zero-order valence-electron chi connectivity index (χ0n) is 9.87. The molecule has 98 valence electrons. The van der Waals surface area contributed by atoms with Crippen molar-refractivity contribution in [2.75, 3.05) is 20.2 Å². The molecule has 1 amide bonds. The Balaban J connectivity index is 2.07. The summed E-state index contributed by atoms with van der Waals surface area (Å²) in [5, 5.41) is 6.96. The molecule has 1 heterocycles. The molecular weight excluding hydrogens is 275 g/mol. The summed E-state index contributed by atoms with van der Waals surface area (Å²) in [6.45, 7) is 1.43. The second-order valence-electron chi connectivity index (χ2n) is 4.17. The zero-order valence-corrected chi connectivity index (χ0v) is 11.4. The van der Waals surface area contributed by atoms with Gasteiger partial charge in [0.15, 0.2) is 0 Å². The number of ether oxygens (including phenoxy) is 1. The third kappa shape index (κ3) is 3.14. The Hall–Kier alpha value is -0.810. The topological polar surface area (TPSA) is 50.4 Å². The molecule has 6 heteroatoms. The SMILES string of the molecule is CO[C@H]1CNCC1NC(=O)c1cc(Cl)cc(Cl)c1. The van der Waals surface area contributed by atoms with Gasteiger partial charge < -0.3 is 15.4 Å². The van der Waals surface area contributed by atoms with Crippen molar-refractivity contribution in [3.63, 3.8) is 0 Å². The molecule has 2 atom stereocenters. The predicted octanol–water partition coefficient (Wildman–Crippen LogP) is 1.71. The van der Waals surface area contributed by atoms with Gasteiger partial charge in [0.05, 0.1) is 12.1 Å². The van der Waals surface area contributed by atoms with E-state index in [2.05, 4.69) is 10.6 Å². The smallest absolute Gasteiger partial charge is 0.251 e. The van der Waals surface area contributed by atoms with Crippen LogP contribution in [0.2, 0.25) is 10.0 Å². The second-order valence-corrected chi connectivity index (χ2v) is 5.04. The first-order chi connectivity index (χ1) is 8.60. The summed E-state index contributed by atoms with van der Waals surface area (Å²) in [4.78, 5) is 12.1. The Labute approximate surface area is 116 Å². The number of benzene rings is 1. The fraction of sp³-hybridized carbons (Fsp3) is 0.417. The molecule has 0 radical (unpaired) electrons. The fourth-order valence-electron chi connectivity index (χ4n) is 1.98. The van der Waals surface area contributed by atoms with Gasteiger partial charge in [-0.25, -0.2) is 0 Å². The van der Waals surface area contributed by atoms with Gasteiger partial charge in [0.25, 0.3) is 5.91 Å². The van der Waals surface area contributed by atoms with Crippen molar-refractivity contribution in [2.24, 2.45) is 0 Å². The van der Waals surface area contributed by atoms with Crippen molar-refractivity contribution in [3.05, 3.63) is 33.8 Å². The maximum absolute atomic E-state index is 12.1. The highest BCUT2D eigenvalue weighted by molar-refractivity contribution is 6.35. The number of methoxy groups -OCH3 is 1. The molecule has 0 saturated carbocycles. The van der Waals surface area contributed by atoms with Crippen molar-refractivity contribution in [3.8, 4) is 0 Å². The number of hydrogen-bond donors (Lipinski definition) is 2. The standard InChI is InChI=1S/C12H14Cl2N2O2/c1-18-11-6-15-5-10(11)16-12(17)7-2-8(13)4-9(14)3-7/h2-4,10-11,15H,5-6H2,1H3,(H,16,17)/t10?,11-/m0/s1. The van der Waals surface area contributed by atoms with Gasteiger partial charge in [-0.05, 0) is 18.2 Å². The monoisotopic (exact) mass is 288 g/mol. The lowest BCUT2D eigenvalue weighted by Crippen LogP contribution is -2.43. The quantitative estimate of drug-likeness (QED) is 0.890. The van der Waals surface area contributed by atoms with Gasteiger partial charge in [-0.3, -0.25) is 4.79 Å². The molecule has 0 bridgehead atoms. The molecule has 1 unspecified atom stereocenters. The molecule has 1 aromatic carbocycles. The first-order valence-corrected chi connectivity index (χ1v) is 6.36. The van der Waals surface area contributed by atoms with Gasteiger partial charge in [-0.1, -0.05) is 23.2 Å². The molecule has 1 aliphatic heterocycles. The van der Waals surface area contributed by atoms with Gasteiger partial charge in [0.2, 0.25) is 0 Å². The van der Waals surface area contributed by atoms with Crippen LogP contribution in [0.25, 0.3) is 0 Å². The minimum atomic E-state index is -0.199. The van der Waals surface area contributed by atoms with Crippen LogP contribution < -0.4 is 10.6 Å². The summed E-state index contributed by atoms with van der Waals surface area (Å²) in [5.74, 6) is -0.199. The molecule has 0 aromatic heterocycles. The number of carbonyl (C=O) groups is 1. The van der Waals surface area contributed by atoms with Crippen LogP contribution in [-0.2, 0) is 4.74 Å². The Morgan fingerprint density at radius 3 is 2.61 bits per heavy atom. The number of hydrogen-bond acceptors (Lipinski definition) is 3. The van der Waals surface area contributed by atoms with Crippen molar-refractivity contribution < 1.29 is 9.53 Å². The van der Waals surface area contributed by atoms with Crippen LogP contribution in [-0.4, -0.2) is 38.3 Å². The molecule has 0 aliphatic carbocycles. The molecular formula is C12H14Cl2N2O2. The first kappa shape index (κ1) is 13.6. The van der Waals surface area contributed by atoms with Crippen LogP contribution in [0.1, 0.15) is 10.4 Å². The lowest BCUT2D eigenvalue weighted by molar-refractivity contribution is 0.0780. The first-order valence-electron chi connectivity index (χ1n) is 5.60. The van der Waals surface area contributed by atoms with E-state index in [0.717, 1.165) is 6.54 Å². The molecule has 1 aliphatic rings. The largest absolute Gasteiger partial charge is 0.378 e. The highest BCUT2D eigenvalue weighted by Gasteiger charge is 2.28. The van der Waals surface area contributed by atoms with E-state index in [-0.39, 0.29) is 18.1 Å². The Morgan fingerprint density at radius 2 is 2.00 bits per heavy atom. The van der Waals surface area contributed by atoms with Crippen molar-refractivity contribution in [1.82, 2.24) is 10.6 Å². The molecule has 18 heavy (non-hydrogen) atoms. The van der Waals surface area contributed by atoms with Crippen LogP contribution in [0, 0.1) is 0 Å². The second kappa shape index (κ2) is 5.89. The lowest BCUT2D eigenvalue weighted by atomic mass is 10.1. The van der Waals surface area contributed by atoms with E-state index in [4.69, 9.17) is 27.9 Å². The maximum Gasteiger partial charge on any atom is 0.251 e. The van der Waals surface area contributed by atoms with E-state index in [1.165, 1.54) is 0 Å². The van der Waals surface area contributed by atoms with Crippen LogP contribution in [0.5, 0.6) is 0 Å². The third-order valence-electron chi connectivity index (χ3n) is 2.90. The van der Waals surface area contributed by atoms with Gasteiger partial charge in [-0.15, -0.1) is 0 Å². The lowest BCUT2D eigenvalue weighted by Gasteiger charge is -2.18. The summed E-state index contributed by atoms with van der Waals surface area (Å²) in [6, 6.07) is 4.73. The predicted molar refractivity (Wildman–Crippen MR) is 71.4 cm³/mol. The number of carbonyl (C=O) groups excluding carboxylic acids is 1. The average molecular weight is 289 g/mol. The number of halogens is 2. The number of rotatable bonds is 3. The minimum Gasteiger partial charge on any atom is -0.378 e. The summed E-state index contributed by atoms with van der Waals surface area (Å²) in [6.07, 6.45) is -0.0105. The normalized spacial score (nSPS) is 23.1. The van der Waals surface area contributed by atoms with Gasteiger partial charge >= 0.3 is 0 Å².